The van der Waals surface area contributed by atoms with Gasteiger partial charge in [-0.2, -0.15) is 0 Å². The third kappa shape index (κ3) is 3.55. The van der Waals surface area contributed by atoms with Gasteiger partial charge in [0.25, 0.3) is 0 Å². The van der Waals surface area contributed by atoms with Crippen LogP contribution in [-0.2, 0) is 12.0 Å². The van der Waals surface area contributed by atoms with Gasteiger partial charge >= 0.3 is 0 Å². The molecular weight excluding hydrogens is 264 g/mol. The first-order valence-electron chi connectivity index (χ1n) is 5.94. The van der Waals surface area contributed by atoms with E-state index in [0.29, 0.717) is 0 Å². The fourth-order valence-electron chi connectivity index (χ4n) is 1.84. The van der Waals surface area contributed by atoms with Crippen molar-refractivity contribution in [1.82, 2.24) is 10.3 Å². The van der Waals surface area contributed by atoms with E-state index in [2.05, 4.69) is 48.4 Å². The van der Waals surface area contributed by atoms with Crippen molar-refractivity contribution in [2.45, 2.75) is 25.8 Å². The summed E-state index contributed by atoms with van der Waals surface area (Å²) in [5.74, 6) is 0. The van der Waals surface area contributed by atoms with Gasteiger partial charge in [0.1, 0.15) is 9.34 Å². The number of thiazole rings is 1. The largest absolute Gasteiger partial charge is 0.310 e. The number of rotatable bonds is 5. The van der Waals surface area contributed by atoms with Gasteiger partial charge in [0.2, 0.25) is 0 Å². The second-order valence-corrected chi connectivity index (χ2v) is 6.66. The second-order valence-electron chi connectivity index (χ2n) is 4.91. The molecule has 0 saturated carbocycles. The zero-order chi connectivity index (χ0) is 13.0. The number of nitrogens with zero attached hydrogens (tertiary/aromatic N) is 1. The molecule has 2 rings (SSSR count). The smallest absolute Gasteiger partial charge is 0.113 e. The van der Waals surface area contributed by atoms with Gasteiger partial charge in [-0.05, 0) is 5.56 Å². The van der Waals surface area contributed by atoms with E-state index in [4.69, 9.17) is 11.6 Å². The monoisotopic (exact) mass is 280 g/mol. The van der Waals surface area contributed by atoms with Gasteiger partial charge in [0, 0.05) is 18.5 Å². The van der Waals surface area contributed by atoms with Crippen molar-refractivity contribution >= 4 is 22.9 Å². The molecule has 0 amide bonds. The molecule has 4 heteroatoms. The molecule has 1 N–H and O–H groups in total. The van der Waals surface area contributed by atoms with Crippen molar-refractivity contribution in [3.8, 4) is 0 Å². The fourth-order valence-corrected chi connectivity index (χ4v) is 2.77. The summed E-state index contributed by atoms with van der Waals surface area (Å²) in [6.45, 7) is 6.16. The summed E-state index contributed by atoms with van der Waals surface area (Å²) in [5.41, 5.74) is 1.46. The lowest BCUT2D eigenvalue weighted by atomic mass is 9.85. The Morgan fingerprint density at radius 2 is 2.00 bits per heavy atom. The molecule has 18 heavy (non-hydrogen) atoms. The van der Waals surface area contributed by atoms with E-state index in [1.54, 1.807) is 6.20 Å². The number of hydrogen-bond acceptors (Lipinski definition) is 3. The highest BCUT2D eigenvalue weighted by molar-refractivity contribution is 7.15. The predicted octanol–water partition coefficient (Wildman–Crippen LogP) is 3.86. The predicted molar refractivity (Wildman–Crippen MR) is 78.3 cm³/mol. The molecule has 0 aliphatic carbocycles. The Bertz CT molecular complexity index is 494. The maximum Gasteiger partial charge on any atom is 0.113 e. The molecule has 0 bridgehead atoms. The molecule has 1 aromatic heterocycles. The number of benzene rings is 1. The Balaban J connectivity index is 1.89. The molecule has 1 heterocycles. The fraction of sp³-hybridized carbons (Fsp3) is 0.357. The lowest BCUT2D eigenvalue weighted by Gasteiger charge is -2.25. The van der Waals surface area contributed by atoms with Crippen LogP contribution in [0, 0.1) is 0 Å². The van der Waals surface area contributed by atoms with Crippen LogP contribution in [-0.4, -0.2) is 11.5 Å². The Morgan fingerprint density at radius 3 is 2.61 bits per heavy atom. The summed E-state index contributed by atoms with van der Waals surface area (Å²) in [7, 11) is 0. The molecule has 2 nitrogen and oxygen atoms in total. The van der Waals surface area contributed by atoms with Crippen LogP contribution < -0.4 is 5.32 Å². The minimum Gasteiger partial charge on any atom is -0.310 e. The molecule has 0 unspecified atom stereocenters. The topological polar surface area (TPSA) is 24.9 Å². The molecule has 0 aliphatic rings. The lowest BCUT2D eigenvalue weighted by molar-refractivity contribution is 0.468. The van der Waals surface area contributed by atoms with E-state index in [9.17, 15) is 0 Å². The molecule has 96 valence electrons. The maximum atomic E-state index is 5.85. The van der Waals surface area contributed by atoms with E-state index in [-0.39, 0.29) is 5.41 Å². The van der Waals surface area contributed by atoms with E-state index in [1.165, 1.54) is 16.9 Å². The third-order valence-electron chi connectivity index (χ3n) is 2.92. The van der Waals surface area contributed by atoms with Crippen LogP contribution in [0.25, 0.3) is 0 Å². The van der Waals surface area contributed by atoms with Crippen LogP contribution in [0.2, 0.25) is 4.34 Å². The molecular formula is C14H17ClN2S. The van der Waals surface area contributed by atoms with Crippen molar-refractivity contribution in [3.63, 3.8) is 0 Å². The highest BCUT2D eigenvalue weighted by Crippen LogP contribution is 2.22. The minimum atomic E-state index is 0.113. The van der Waals surface area contributed by atoms with Crippen molar-refractivity contribution in [2.24, 2.45) is 0 Å². The highest BCUT2D eigenvalue weighted by atomic mass is 35.5. The van der Waals surface area contributed by atoms with E-state index >= 15 is 0 Å². The van der Waals surface area contributed by atoms with Crippen molar-refractivity contribution in [3.05, 3.63) is 51.4 Å². The van der Waals surface area contributed by atoms with Gasteiger partial charge in [0.05, 0.1) is 6.20 Å². The van der Waals surface area contributed by atoms with Gasteiger partial charge in [-0.1, -0.05) is 55.8 Å². The van der Waals surface area contributed by atoms with Crippen molar-refractivity contribution in [1.29, 1.82) is 0 Å². The Kier molecular flexibility index (Phi) is 4.38. The van der Waals surface area contributed by atoms with Crippen LogP contribution in [0.4, 0.5) is 0 Å². The molecule has 0 spiro atoms. The summed E-state index contributed by atoms with van der Waals surface area (Å²) in [5, 5.41) is 4.47. The lowest BCUT2D eigenvalue weighted by Crippen LogP contribution is -2.32. The molecule has 0 radical (unpaired) electrons. The Hall–Kier alpha value is -0.900. The zero-order valence-electron chi connectivity index (χ0n) is 10.6. The summed E-state index contributed by atoms with van der Waals surface area (Å²) in [6, 6.07) is 10.5. The third-order valence-corrected chi connectivity index (χ3v) is 4.04. The first kappa shape index (κ1) is 13.5. The van der Waals surface area contributed by atoms with Gasteiger partial charge in [0.15, 0.2) is 0 Å². The number of aromatic nitrogens is 1. The van der Waals surface area contributed by atoms with E-state index < -0.39 is 0 Å². The summed E-state index contributed by atoms with van der Waals surface area (Å²) in [6.07, 6.45) is 1.70. The quantitative estimate of drug-likeness (QED) is 0.899. The molecule has 2 aromatic rings. The zero-order valence-corrected chi connectivity index (χ0v) is 12.2. The second kappa shape index (κ2) is 5.83. The molecule has 1 aromatic carbocycles. The van der Waals surface area contributed by atoms with E-state index in [1.807, 2.05) is 6.07 Å². The molecule has 0 aliphatic heterocycles. The minimum absolute atomic E-state index is 0.113. The normalized spacial score (nSPS) is 11.7. The summed E-state index contributed by atoms with van der Waals surface area (Å²) >= 11 is 7.38. The van der Waals surface area contributed by atoms with Gasteiger partial charge in [-0.25, -0.2) is 4.98 Å². The summed E-state index contributed by atoms with van der Waals surface area (Å²) < 4.78 is 0.745. The Labute approximate surface area is 117 Å². The van der Waals surface area contributed by atoms with Crippen LogP contribution in [0.5, 0.6) is 0 Å². The Morgan fingerprint density at radius 1 is 1.28 bits per heavy atom. The van der Waals surface area contributed by atoms with Crippen LogP contribution in [0.1, 0.15) is 24.4 Å². The van der Waals surface area contributed by atoms with E-state index in [0.717, 1.165) is 22.4 Å². The SMILES string of the molecule is CC(C)(CNCc1ncc(Cl)s1)c1ccccc1. The van der Waals surface area contributed by atoms with Gasteiger partial charge in [-0.15, -0.1) is 11.3 Å². The standard InChI is InChI=1S/C14H17ClN2S/c1-14(2,11-6-4-3-5-7-11)10-16-9-13-17-8-12(15)18-13/h3-8,16H,9-10H2,1-2H3. The van der Waals surface area contributed by atoms with Crippen molar-refractivity contribution < 1.29 is 0 Å². The van der Waals surface area contributed by atoms with Crippen LogP contribution in [0.3, 0.4) is 0 Å². The first-order chi connectivity index (χ1) is 8.58. The molecule has 0 saturated heterocycles. The summed E-state index contributed by atoms with van der Waals surface area (Å²) in [4.78, 5) is 4.23. The molecule has 0 fully saturated rings. The maximum absolute atomic E-state index is 5.85. The average molecular weight is 281 g/mol. The van der Waals surface area contributed by atoms with Crippen LogP contribution in [0.15, 0.2) is 36.5 Å². The molecule has 0 atom stereocenters. The number of hydrogen-bond donors (Lipinski definition) is 1. The number of halogens is 1. The van der Waals surface area contributed by atoms with Crippen LogP contribution >= 0.6 is 22.9 Å². The highest BCUT2D eigenvalue weighted by Gasteiger charge is 2.19. The van der Waals surface area contributed by atoms with Gasteiger partial charge in [-0.3, -0.25) is 0 Å². The number of nitrogens with one attached hydrogen (secondary N) is 1. The van der Waals surface area contributed by atoms with Gasteiger partial charge < -0.3 is 5.32 Å². The van der Waals surface area contributed by atoms with Crippen molar-refractivity contribution in [2.75, 3.05) is 6.54 Å². The first-order valence-corrected chi connectivity index (χ1v) is 7.14. The average Bonchev–Trinajstić information content (AvgIpc) is 2.76.